The zero-order chi connectivity index (χ0) is 16.8. The molecule has 2 aromatic carbocycles. The van der Waals surface area contributed by atoms with E-state index in [1.54, 1.807) is 42.5 Å². The quantitative estimate of drug-likeness (QED) is 0.652. The second kappa shape index (κ2) is 7.68. The molecule has 0 bridgehead atoms. The number of anilines is 1. The highest BCUT2D eigenvalue weighted by Crippen LogP contribution is 2.30. The molecule has 0 radical (unpaired) electrons. The lowest BCUT2D eigenvalue weighted by Crippen LogP contribution is -2.14. The fraction of sp³-hybridized carbons (Fsp3) is 0.0588. The molecule has 0 saturated carbocycles. The van der Waals surface area contributed by atoms with Crippen LogP contribution in [0.2, 0.25) is 10.0 Å². The van der Waals surface area contributed by atoms with Crippen molar-refractivity contribution >= 4 is 40.9 Å². The van der Waals surface area contributed by atoms with E-state index in [0.29, 0.717) is 21.4 Å². The van der Waals surface area contributed by atoms with Crippen molar-refractivity contribution in [2.45, 2.75) is 0 Å². The number of carbonyl (C=O) groups is 1. The van der Waals surface area contributed by atoms with E-state index < -0.39 is 5.91 Å². The molecule has 4 nitrogen and oxygen atoms in total. The van der Waals surface area contributed by atoms with Crippen molar-refractivity contribution in [1.29, 1.82) is 5.26 Å². The Balaban J connectivity index is 2.33. The van der Waals surface area contributed by atoms with E-state index in [0.717, 1.165) is 0 Å². The van der Waals surface area contributed by atoms with Gasteiger partial charge in [-0.15, -0.1) is 0 Å². The SMILES string of the molecule is COc1ccccc1/C=C(/C#N)C(=O)Nc1c(Cl)cccc1Cl. The smallest absolute Gasteiger partial charge is 0.266 e. The second-order valence-electron chi connectivity index (χ2n) is 4.46. The van der Waals surface area contributed by atoms with Gasteiger partial charge in [0, 0.05) is 5.56 Å². The lowest BCUT2D eigenvalue weighted by Gasteiger charge is -2.09. The largest absolute Gasteiger partial charge is 0.496 e. The minimum Gasteiger partial charge on any atom is -0.496 e. The Bertz CT molecular complexity index is 790. The molecule has 0 aliphatic rings. The Hall–Kier alpha value is -2.48. The van der Waals surface area contributed by atoms with Crippen LogP contribution in [0.25, 0.3) is 6.08 Å². The highest BCUT2D eigenvalue weighted by atomic mass is 35.5. The van der Waals surface area contributed by atoms with Crippen LogP contribution in [0.15, 0.2) is 48.0 Å². The standard InChI is InChI=1S/C17H12Cl2N2O2/c1-23-15-8-3-2-5-11(15)9-12(10-20)17(22)21-16-13(18)6-4-7-14(16)19/h2-9H,1H3,(H,21,22)/b12-9-. The minimum atomic E-state index is -0.603. The van der Waals surface area contributed by atoms with Crippen LogP contribution in [-0.2, 0) is 4.79 Å². The molecular weight excluding hydrogens is 335 g/mol. The number of ether oxygens (including phenoxy) is 1. The molecule has 0 unspecified atom stereocenters. The lowest BCUT2D eigenvalue weighted by molar-refractivity contribution is -0.112. The average molecular weight is 347 g/mol. The van der Waals surface area contributed by atoms with Gasteiger partial charge < -0.3 is 10.1 Å². The second-order valence-corrected chi connectivity index (χ2v) is 5.28. The number of amides is 1. The predicted octanol–water partition coefficient (Wildman–Crippen LogP) is 4.55. The van der Waals surface area contributed by atoms with Crippen LogP contribution in [0.1, 0.15) is 5.56 Å². The third kappa shape index (κ3) is 4.04. The first-order valence-electron chi connectivity index (χ1n) is 6.57. The molecule has 2 rings (SSSR count). The Kier molecular flexibility index (Phi) is 5.64. The summed E-state index contributed by atoms with van der Waals surface area (Å²) in [5.74, 6) is -0.0442. The summed E-state index contributed by atoms with van der Waals surface area (Å²) in [7, 11) is 1.52. The van der Waals surface area contributed by atoms with Crippen LogP contribution >= 0.6 is 23.2 Å². The average Bonchev–Trinajstić information content (AvgIpc) is 2.56. The Labute approximate surface area is 143 Å². The van der Waals surface area contributed by atoms with Crippen LogP contribution < -0.4 is 10.1 Å². The molecular formula is C17H12Cl2N2O2. The number of hydrogen-bond acceptors (Lipinski definition) is 3. The molecule has 2 aromatic rings. The number of hydrogen-bond donors (Lipinski definition) is 1. The number of halogens is 2. The van der Waals surface area contributed by atoms with Crippen LogP contribution in [0.5, 0.6) is 5.75 Å². The first-order chi connectivity index (χ1) is 11.1. The number of nitrogens with zero attached hydrogens (tertiary/aromatic N) is 1. The Morgan fingerprint density at radius 2 is 1.83 bits per heavy atom. The molecule has 1 N–H and O–H groups in total. The molecule has 0 atom stereocenters. The Morgan fingerprint density at radius 1 is 1.17 bits per heavy atom. The van der Waals surface area contributed by atoms with Crippen LogP contribution in [-0.4, -0.2) is 13.0 Å². The molecule has 116 valence electrons. The molecule has 0 aliphatic heterocycles. The number of methoxy groups -OCH3 is 1. The zero-order valence-electron chi connectivity index (χ0n) is 12.1. The maximum Gasteiger partial charge on any atom is 0.266 e. The van der Waals surface area contributed by atoms with Gasteiger partial charge in [-0.2, -0.15) is 5.26 Å². The van der Waals surface area contributed by atoms with E-state index >= 15 is 0 Å². The zero-order valence-corrected chi connectivity index (χ0v) is 13.7. The van der Waals surface area contributed by atoms with Gasteiger partial charge in [-0.3, -0.25) is 4.79 Å². The summed E-state index contributed by atoms with van der Waals surface area (Å²) in [6, 6.07) is 13.8. The monoisotopic (exact) mass is 346 g/mol. The molecule has 6 heteroatoms. The highest BCUT2D eigenvalue weighted by molar-refractivity contribution is 6.40. The molecule has 23 heavy (non-hydrogen) atoms. The number of rotatable bonds is 4. The minimum absolute atomic E-state index is 0.0921. The van der Waals surface area contributed by atoms with Gasteiger partial charge in [0.2, 0.25) is 0 Å². The summed E-state index contributed by atoms with van der Waals surface area (Å²) in [4.78, 5) is 12.3. The third-order valence-electron chi connectivity index (χ3n) is 3.01. The third-order valence-corrected chi connectivity index (χ3v) is 3.64. The molecule has 0 heterocycles. The Morgan fingerprint density at radius 3 is 2.43 bits per heavy atom. The van der Waals surface area contributed by atoms with Crippen molar-refractivity contribution in [3.63, 3.8) is 0 Å². The van der Waals surface area contributed by atoms with Crippen LogP contribution in [0.3, 0.4) is 0 Å². The number of benzene rings is 2. The summed E-state index contributed by atoms with van der Waals surface area (Å²) in [6.45, 7) is 0. The molecule has 0 spiro atoms. The predicted molar refractivity (Wildman–Crippen MR) is 91.7 cm³/mol. The number of carbonyl (C=O) groups excluding carboxylic acids is 1. The van der Waals surface area contributed by atoms with Crippen molar-refractivity contribution in [3.05, 3.63) is 63.6 Å². The van der Waals surface area contributed by atoms with E-state index in [2.05, 4.69) is 5.32 Å². The van der Waals surface area contributed by atoms with E-state index in [9.17, 15) is 10.1 Å². The summed E-state index contributed by atoms with van der Waals surface area (Å²) in [5, 5.41) is 12.4. The molecule has 0 fully saturated rings. The van der Waals surface area contributed by atoms with E-state index in [4.69, 9.17) is 27.9 Å². The fourth-order valence-electron chi connectivity index (χ4n) is 1.89. The van der Waals surface area contributed by atoms with Gasteiger partial charge in [-0.25, -0.2) is 0 Å². The van der Waals surface area contributed by atoms with Gasteiger partial charge in [0.05, 0.1) is 22.8 Å². The van der Waals surface area contributed by atoms with Crippen molar-refractivity contribution < 1.29 is 9.53 Å². The van der Waals surface area contributed by atoms with E-state index in [1.807, 2.05) is 6.07 Å². The molecule has 0 aromatic heterocycles. The summed E-state index contributed by atoms with van der Waals surface area (Å²) in [5.41, 5.74) is 0.791. The molecule has 0 aliphatic carbocycles. The van der Waals surface area contributed by atoms with Crippen molar-refractivity contribution in [2.75, 3.05) is 12.4 Å². The summed E-state index contributed by atoms with van der Waals surface area (Å²) < 4.78 is 5.20. The van der Waals surface area contributed by atoms with Crippen LogP contribution in [0, 0.1) is 11.3 Å². The molecule has 0 saturated heterocycles. The number of para-hydroxylation sites is 2. The maximum atomic E-state index is 12.3. The fourth-order valence-corrected chi connectivity index (χ4v) is 2.38. The van der Waals surface area contributed by atoms with Gasteiger partial charge >= 0.3 is 0 Å². The van der Waals surface area contributed by atoms with Gasteiger partial charge in [0.15, 0.2) is 0 Å². The number of nitriles is 1. The van der Waals surface area contributed by atoms with Crippen molar-refractivity contribution in [1.82, 2.24) is 0 Å². The first-order valence-corrected chi connectivity index (χ1v) is 7.32. The lowest BCUT2D eigenvalue weighted by atomic mass is 10.1. The van der Waals surface area contributed by atoms with E-state index in [1.165, 1.54) is 13.2 Å². The van der Waals surface area contributed by atoms with Gasteiger partial charge in [-0.1, -0.05) is 47.5 Å². The highest BCUT2D eigenvalue weighted by Gasteiger charge is 2.14. The summed E-state index contributed by atoms with van der Waals surface area (Å²) in [6.07, 6.45) is 1.44. The normalized spacial score (nSPS) is 10.8. The van der Waals surface area contributed by atoms with Crippen LogP contribution in [0.4, 0.5) is 5.69 Å². The van der Waals surface area contributed by atoms with Gasteiger partial charge in [0.25, 0.3) is 5.91 Å². The maximum absolute atomic E-state index is 12.3. The van der Waals surface area contributed by atoms with Gasteiger partial charge in [0.1, 0.15) is 17.4 Å². The number of nitrogens with one attached hydrogen (secondary N) is 1. The van der Waals surface area contributed by atoms with Crippen molar-refractivity contribution in [2.24, 2.45) is 0 Å². The first kappa shape index (κ1) is 16.9. The topological polar surface area (TPSA) is 62.1 Å². The molecule has 1 amide bonds. The van der Waals surface area contributed by atoms with E-state index in [-0.39, 0.29) is 11.3 Å². The van der Waals surface area contributed by atoms with Crippen molar-refractivity contribution in [3.8, 4) is 11.8 Å². The summed E-state index contributed by atoms with van der Waals surface area (Å²) >= 11 is 12.0. The van der Waals surface area contributed by atoms with Gasteiger partial charge in [-0.05, 0) is 24.3 Å².